The van der Waals surface area contributed by atoms with Crippen molar-refractivity contribution in [2.24, 2.45) is 0 Å². The van der Waals surface area contributed by atoms with Crippen LogP contribution in [0.25, 0.3) is 5.57 Å². The minimum absolute atomic E-state index is 0.347. The average molecular weight is 217 g/mol. The molecule has 5 heteroatoms. The molecule has 0 aliphatic carbocycles. The first-order valence-electron chi connectivity index (χ1n) is 5.17. The van der Waals surface area contributed by atoms with E-state index in [0.29, 0.717) is 11.9 Å². The van der Waals surface area contributed by atoms with E-state index in [9.17, 15) is 0 Å². The van der Waals surface area contributed by atoms with Crippen LogP contribution in [0.15, 0.2) is 36.6 Å². The van der Waals surface area contributed by atoms with Gasteiger partial charge >= 0.3 is 0 Å². The maximum atomic E-state index is 4.14. The molecule has 0 spiro atoms. The van der Waals surface area contributed by atoms with E-state index in [4.69, 9.17) is 0 Å². The molecule has 3 N–H and O–H groups in total. The van der Waals surface area contributed by atoms with Crippen LogP contribution in [0.1, 0.15) is 19.7 Å². The van der Waals surface area contributed by atoms with E-state index in [1.807, 2.05) is 12.3 Å². The van der Waals surface area contributed by atoms with Crippen LogP contribution in [-0.2, 0) is 0 Å². The summed E-state index contributed by atoms with van der Waals surface area (Å²) < 4.78 is 0. The number of dihydropyridines is 1. The molecule has 1 aliphatic rings. The number of aromatic nitrogens is 3. The van der Waals surface area contributed by atoms with Crippen molar-refractivity contribution in [3.05, 3.63) is 42.4 Å². The minimum atomic E-state index is 0.347. The molecular weight excluding hydrogens is 202 g/mol. The lowest BCUT2D eigenvalue weighted by Crippen LogP contribution is -2.26. The lowest BCUT2D eigenvalue weighted by Gasteiger charge is -2.20. The summed E-state index contributed by atoms with van der Waals surface area (Å²) in [6.45, 7) is 8.04. The van der Waals surface area contributed by atoms with Gasteiger partial charge in [0.1, 0.15) is 6.33 Å². The molecule has 0 atom stereocenters. The summed E-state index contributed by atoms with van der Waals surface area (Å²) in [7, 11) is 0. The van der Waals surface area contributed by atoms with Gasteiger partial charge in [-0.1, -0.05) is 6.58 Å². The van der Waals surface area contributed by atoms with E-state index in [1.54, 1.807) is 6.33 Å². The first kappa shape index (κ1) is 10.5. The van der Waals surface area contributed by atoms with Crippen LogP contribution >= 0.6 is 0 Å². The average Bonchev–Trinajstić information content (AvgIpc) is 2.69. The Bertz CT molecular complexity index is 439. The summed E-state index contributed by atoms with van der Waals surface area (Å²) in [5, 5.41) is 13.2. The molecule has 84 valence electrons. The highest BCUT2D eigenvalue weighted by Gasteiger charge is 2.15. The van der Waals surface area contributed by atoms with Crippen molar-refractivity contribution in [3.8, 4) is 0 Å². The summed E-state index contributed by atoms with van der Waals surface area (Å²) in [4.78, 5) is 4.14. The van der Waals surface area contributed by atoms with Crippen LogP contribution in [0, 0.1) is 0 Å². The fraction of sp³-hybridized carbons (Fsp3) is 0.273. The second-order valence-electron chi connectivity index (χ2n) is 3.91. The first-order valence-corrected chi connectivity index (χ1v) is 5.17. The summed E-state index contributed by atoms with van der Waals surface area (Å²) in [6, 6.07) is 0.347. The normalized spacial score (nSPS) is 15.6. The fourth-order valence-corrected chi connectivity index (χ4v) is 1.49. The van der Waals surface area contributed by atoms with Gasteiger partial charge < -0.3 is 10.6 Å². The lowest BCUT2D eigenvalue weighted by atomic mass is 10.1. The fourth-order valence-electron chi connectivity index (χ4n) is 1.49. The SMILES string of the molecule is C=C1C=C(NC(C)C)C(c2nc[nH]n2)=CN1. The van der Waals surface area contributed by atoms with E-state index in [0.717, 1.165) is 17.0 Å². The molecule has 0 bridgehead atoms. The molecule has 0 aromatic carbocycles. The number of H-pyrrole nitrogens is 1. The Morgan fingerprint density at radius 3 is 2.88 bits per heavy atom. The summed E-state index contributed by atoms with van der Waals surface area (Å²) in [5.74, 6) is 0.666. The van der Waals surface area contributed by atoms with E-state index >= 15 is 0 Å². The van der Waals surface area contributed by atoms with Crippen LogP contribution in [0.5, 0.6) is 0 Å². The molecule has 2 rings (SSSR count). The molecule has 0 radical (unpaired) electrons. The predicted molar refractivity (Wildman–Crippen MR) is 63.0 cm³/mol. The molecule has 2 heterocycles. The van der Waals surface area contributed by atoms with Gasteiger partial charge in [-0.05, 0) is 19.9 Å². The Balaban J connectivity index is 2.30. The van der Waals surface area contributed by atoms with Gasteiger partial charge in [0.05, 0.1) is 5.57 Å². The van der Waals surface area contributed by atoms with Gasteiger partial charge in [-0.3, -0.25) is 5.10 Å². The zero-order valence-electron chi connectivity index (χ0n) is 9.41. The lowest BCUT2D eigenvalue weighted by molar-refractivity contribution is 0.680. The number of aromatic amines is 1. The van der Waals surface area contributed by atoms with Crippen LogP contribution in [0.3, 0.4) is 0 Å². The Kier molecular flexibility index (Phi) is 2.76. The number of allylic oxidation sites excluding steroid dienone is 2. The highest BCUT2D eigenvalue weighted by Crippen LogP contribution is 2.21. The van der Waals surface area contributed by atoms with Crippen molar-refractivity contribution in [1.82, 2.24) is 25.8 Å². The smallest absolute Gasteiger partial charge is 0.184 e. The molecule has 0 fully saturated rings. The van der Waals surface area contributed by atoms with Crippen molar-refractivity contribution in [2.75, 3.05) is 0 Å². The van der Waals surface area contributed by atoms with Gasteiger partial charge in [0, 0.05) is 23.6 Å². The second kappa shape index (κ2) is 4.22. The Hall–Kier alpha value is -2.04. The van der Waals surface area contributed by atoms with E-state index in [2.05, 4.69) is 46.2 Å². The molecule has 1 aliphatic heterocycles. The van der Waals surface area contributed by atoms with Gasteiger partial charge in [-0.15, -0.1) is 0 Å². The molecule has 0 saturated carbocycles. The molecule has 0 amide bonds. The number of hydrogen-bond donors (Lipinski definition) is 3. The molecule has 5 nitrogen and oxygen atoms in total. The summed E-state index contributed by atoms with van der Waals surface area (Å²) in [5.41, 5.74) is 2.77. The highest BCUT2D eigenvalue weighted by atomic mass is 15.2. The molecule has 1 aromatic heterocycles. The number of hydrogen-bond acceptors (Lipinski definition) is 4. The van der Waals surface area contributed by atoms with Crippen molar-refractivity contribution < 1.29 is 0 Å². The van der Waals surface area contributed by atoms with E-state index < -0.39 is 0 Å². The quantitative estimate of drug-likeness (QED) is 0.710. The van der Waals surface area contributed by atoms with E-state index in [1.165, 1.54) is 0 Å². The molecular formula is C11H15N5. The van der Waals surface area contributed by atoms with Gasteiger partial charge in [0.15, 0.2) is 5.82 Å². The van der Waals surface area contributed by atoms with Gasteiger partial charge in [0.2, 0.25) is 0 Å². The number of nitrogens with one attached hydrogen (secondary N) is 3. The molecule has 0 saturated heterocycles. The number of nitrogens with zero attached hydrogens (tertiary/aromatic N) is 2. The summed E-state index contributed by atoms with van der Waals surface area (Å²) >= 11 is 0. The van der Waals surface area contributed by atoms with Gasteiger partial charge in [-0.2, -0.15) is 5.10 Å². The van der Waals surface area contributed by atoms with Crippen LogP contribution in [0.4, 0.5) is 0 Å². The maximum Gasteiger partial charge on any atom is 0.184 e. The first-order chi connectivity index (χ1) is 7.66. The molecule has 16 heavy (non-hydrogen) atoms. The highest BCUT2D eigenvalue weighted by molar-refractivity contribution is 5.76. The summed E-state index contributed by atoms with van der Waals surface area (Å²) in [6.07, 6.45) is 5.37. The van der Waals surface area contributed by atoms with Crippen LogP contribution < -0.4 is 10.6 Å². The third-order valence-electron chi connectivity index (χ3n) is 2.11. The van der Waals surface area contributed by atoms with Crippen molar-refractivity contribution in [3.63, 3.8) is 0 Å². The van der Waals surface area contributed by atoms with Gasteiger partial charge in [-0.25, -0.2) is 4.98 Å². The second-order valence-corrected chi connectivity index (χ2v) is 3.91. The maximum absolute atomic E-state index is 4.14. The van der Waals surface area contributed by atoms with E-state index in [-0.39, 0.29) is 0 Å². The minimum Gasteiger partial charge on any atom is -0.382 e. The Morgan fingerprint density at radius 1 is 1.44 bits per heavy atom. The standard InChI is InChI=1S/C11H15N5/c1-7(2)15-10-4-8(3)12-5-9(10)11-13-6-14-16-11/h4-7,12,15H,3H2,1-2H3,(H,13,14,16). The zero-order valence-corrected chi connectivity index (χ0v) is 9.41. The van der Waals surface area contributed by atoms with Crippen LogP contribution in [-0.4, -0.2) is 21.2 Å². The molecule has 1 aromatic rings. The predicted octanol–water partition coefficient (Wildman–Crippen LogP) is 1.14. The van der Waals surface area contributed by atoms with Gasteiger partial charge in [0.25, 0.3) is 0 Å². The van der Waals surface area contributed by atoms with Crippen LogP contribution in [0.2, 0.25) is 0 Å². The Labute approximate surface area is 94.4 Å². The third-order valence-corrected chi connectivity index (χ3v) is 2.11. The number of rotatable bonds is 3. The topological polar surface area (TPSA) is 65.6 Å². The third kappa shape index (κ3) is 2.13. The largest absolute Gasteiger partial charge is 0.382 e. The Morgan fingerprint density at radius 2 is 2.25 bits per heavy atom. The van der Waals surface area contributed by atoms with Crippen molar-refractivity contribution >= 4 is 5.57 Å². The molecule has 0 unspecified atom stereocenters. The van der Waals surface area contributed by atoms with Crippen molar-refractivity contribution in [2.45, 2.75) is 19.9 Å². The zero-order chi connectivity index (χ0) is 11.5. The monoisotopic (exact) mass is 217 g/mol. The van der Waals surface area contributed by atoms with Crippen molar-refractivity contribution in [1.29, 1.82) is 0 Å².